The number of amides is 2. The number of hydrogen-bond acceptors (Lipinski definition) is 13. The van der Waals surface area contributed by atoms with E-state index in [2.05, 4.69) is 65.5 Å². The zero-order chi connectivity index (χ0) is 51.6. The molecule has 0 unspecified atom stereocenters. The molecule has 0 bridgehead atoms. The van der Waals surface area contributed by atoms with Gasteiger partial charge in [0.05, 0.1) is 52.2 Å². The number of piperazine rings is 2. The molecule has 4 aromatic heterocycles. The molecule has 0 saturated carbocycles. The van der Waals surface area contributed by atoms with Crippen LogP contribution in [0.1, 0.15) is 43.2 Å². The second-order valence-corrected chi connectivity index (χ2v) is 23.7. The number of rotatable bonds is 15. The summed E-state index contributed by atoms with van der Waals surface area (Å²) in [6.45, 7) is 11.8. The highest BCUT2D eigenvalue weighted by molar-refractivity contribution is 6.76. The highest BCUT2D eigenvalue weighted by atomic mass is 28.3. The second-order valence-electron chi connectivity index (χ2n) is 18.1. The van der Waals surface area contributed by atoms with E-state index >= 15 is 0 Å². The van der Waals surface area contributed by atoms with Crippen LogP contribution in [0.2, 0.25) is 25.7 Å². The maximum atomic E-state index is 14.4. The van der Waals surface area contributed by atoms with Gasteiger partial charge in [0.1, 0.15) is 35.8 Å². The van der Waals surface area contributed by atoms with E-state index in [9.17, 15) is 44.7 Å². The number of halogens is 8. The molecule has 17 nitrogen and oxygen atoms in total. The molecule has 2 aliphatic heterocycles. The van der Waals surface area contributed by atoms with Crippen LogP contribution in [0.5, 0.6) is 0 Å². The van der Waals surface area contributed by atoms with Gasteiger partial charge in [-0.05, 0) is 30.3 Å². The third-order valence-corrected chi connectivity index (χ3v) is 13.1. The Bertz CT molecular complexity index is 2760. The number of benzene rings is 2. The van der Waals surface area contributed by atoms with Crippen molar-refractivity contribution in [1.29, 1.82) is 0 Å². The van der Waals surface area contributed by atoms with Crippen molar-refractivity contribution < 1.29 is 49.4 Å². The number of H-pyrrole nitrogens is 1. The first kappa shape index (κ1) is 52.9. The lowest BCUT2D eigenvalue weighted by Gasteiger charge is -2.34. The quantitative estimate of drug-likeness (QED) is 0.0514. The molecule has 2 fully saturated rings. The molecule has 0 radical (unpaired) electrons. The van der Waals surface area contributed by atoms with Gasteiger partial charge in [0.2, 0.25) is 0 Å². The largest absolute Gasteiger partial charge is 0.419 e. The average Bonchev–Trinajstić information content (AvgIpc) is 4.02. The van der Waals surface area contributed by atoms with Crippen molar-refractivity contribution in [2.45, 2.75) is 57.9 Å². The van der Waals surface area contributed by atoms with Crippen molar-refractivity contribution in [2.75, 3.05) is 69.6 Å². The van der Waals surface area contributed by atoms with Crippen molar-refractivity contribution in [3.63, 3.8) is 0 Å². The number of alkyl halides is 6. The molecule has 384 valence electrons. The highest BCUT2D eigenvalue weighted by Gasteiger charge is 2.38. The first-order valence-electron chi connectivity index (χ1n) is 22.7. The predicted octanol–water partition coefficient (Wildman–Crippen LogP) is 7.90. The molecule has 6 heterocycles. The molecule has 2 saturated heterocycles. The van der Waals surface area contributed by atoms with E-state index in [0.29, 0.717) is 99.4 Å². The summed E-state index contributed by atoms with van der Waals surface area (Å²) in [4.78, 5) is 49.7. The first-order chi connectivity index (χ1) is 34.2. The minimum Gasteiger partial charge on any atom is -0.360 e. The predicted molar refractivity (Wildman–Crippen MR) is 251 cm³/mol. The van der Waals surface area contributed by atoms with E-state index in [1.807, 2.05) is 22.1 Å². The molecule has 72 heavy (non-hydrogen) atoms. The Balaban J connectivity index is 0.000000216. The maximum Gasteiger partial charge on any atom is 0.419 e. The summed E-state index contributed by atoms with van der Waals surface area (Å²) in [5.41, 5.74) is -2.63. The molecular formula is C46H52F8N14O3Si. The van der Waals surface area contributed by atoms with Gasteiger partial charge in [-0.15, -0.1) is 0 Å². The summed E-state index contributed by atoms with van der Waals surface area (Å²) in [6.07, 6.45) is 0.134. The van der Waals surface area contributed by atoms with E-state index < -0.39 is 66.1 Å². The number of anilines is 4. The van der Waals surface area contributed by atoms with Crippen LogP contribution in [0, 0.1) is 11.6 Å². The number of carbonyl (C=O) groups excluding carboxylic acids is 2. The van der Waals surface area contributed by atoms with Gasteiger partial charge in [0.25, 0.3) is 11.8 Å². The van der Waals surface area contributed by atoms with Gasteiger partial charge in [-0.1, -0.05) is 31.8 Å². The molecular weight excluding hydrogens is 977 g/mol. The van der Waals surface area contributed by atoms with Gasteiger partial charge in [-0.25, -0.2) is 23.4 Å². The number of aromatic nitrogens is 8. The number of aromatic amines is 1. The summed E-state index contributed by atoms with van der Waals surface area (Å²) in [6, 6.07) is 10.1. The summed E-state index contributed by atoms with van der Waals surface area (Å²) >= 11 is 0. The van der Waals surface area contributed by atoms with E-state index in [1.165, 1.54) is 9.80 Å². The van der Waals surface area contributed by atoms with E-state index in [0.717, 1.165) is 30.3 Å². The van der Waals surface area contributed by atoms with Crippen molar-refractivity contribution in [2.24, 2.45) is 0 Å². The standard InChI is InChI=1S/C26H33F4N7O2Si.C20H19F4N7O/c1-40(2,3)14-13-39-18-37-8-7-22(34-37)33-23-16-31-15-19(32-23)17-35-9-11-36(12-10-35)25(38)20-5-4-6-21(24(20)27)26(28,29)30;21-18-14(2-1-3-15(18)20(22,23)24)19(32)31-8-6-30(7-9-31)12-13-10-25-11-17(27-13)28-16-4-5-26-29-16/h4-8,15-16H,9-14,17-18H2,1-3H3,(H,32,33,34);1-5,10-11H,6-9,12H2,(H2,26,27,28,29). The molecule has 2 aliphatic rings. The summed E-state index contributed by atoms with van der Waals surface area (Å²) in [5.74, 6) is -2.24. The Morgan fingerprint density at radius 2 is 1.17 bits per heavy atom. The molecule has 0 aliphatic carbocycles. The van der Waals surface area contributed by atoms with Gasteiger partial charge in [-0.2, -0.15) is 36.5 Å². The van der Waals surface area contributed by atoms with Crippen LogP contribution < -0.4 is 10.6 Å². The first-order valence-corrected chi connectivity index (χ1v) is 26.4. The molecule has 3 N–H and O–H groups in total. The van der Waals surface area contributed by atoms with Gasteiger partial charge < -0.3 is 25.2 Å². The van der Waals surface area contributed by atoms with Crippen molar-refractivity contribution >= 4 is 43.2 Å². The SMILES string of the molecule is C[Si](C)(C)CCOCn1ccc(Nc2cncc(CN3CCN(C(=O)c4cccc(C(F)(F)F)c4F)CC3)n2)n1.O=C(c1cccc(C(F)(F)F)c1F)N1CCN(Cc2cncc(Nc3ccn[nH]3)n2)CC1. The monoisotopic (exact) mass is 1030 g/mol. The van der Waals surface area contributed by atoms with Crippen LogP contribution in [0.4, 0.5) is 58.4 Å². The Morgan fingerprint density at radius 3 is 1.62 bits per heavy atom. The Hall–Kier alpha value is -6.90. The second kappa shape index (κ2) is 23.1. The van der Waals surface area contributed by atoms with Gasteiger partial charge in [0, 0.05) is 111 Å². The number of hydrogen-bond donors (Lipinski definition) is 3. The molecule has 2 amide bonds. The normalized spacial score (nSPS) is 15.0. The van der Waals surface area contributed by atoms with Gasteiger partial charge in [-0.3, -0.25) is 34.5 Å². The van der Waals surface area contributed by atoms with Crippen molar-refractivity contribution in [3.8, 4) is 0 Å². The third kappa shape index (κ3) is 14.6. The van der Waals surface area contributed by atoms with Gasteiger partial charge >= 0.3 is 12.4 Å². The fraction of sp³-hybridized carbons (Fsp3) is 0.391. The summed E-state index contributed by atoms with van der Waals surface area (Å²) in [7, 11) is -1.15. The van der Waals surface area contributed by atoms with Crippen molar-refractivity contribution in [1.82, 2.24) is 59.5 Å². The minimum absolute atomic E-state index is 0.247. The minimum atomic E-state index is -4.87. The fourth-order valence-electron chi connectivity index (χ4n) is 7.57. The lowest BCUT2D eigenvalue weighted by Crippen LogP contribution is -2.48. The van der Waals surface area contributed by atoms with Crippen LogP contribution in [0.25, 0.3) is 0 Å². The Labute approximate surface area is 409 Å². The smallest absolute Gasteiger partial charge is 0.360 e. The Morgan fingerprint density at radius 1 is 0.667 bits per heavy atom. The van der Waals surface area contributed by atoms with E-state index in [-0.39, 0.29) is 26.2 Å². The molecule has 0 spiro atoms. The Kier molecular flexibility index (Phi) is 17.0. The van der Waals surface area contributed by atoms with Crippen LogP contribution >= 0.6 is 0 Å². The summed E-state index contributed by atoms with van der Waals surface area (Å²) in [5, 5.41) is 17.2. The zero-order valence-corrected chi connectivity index (χ0v) is 40.4. The van der Waals surface area contributed by atoms with Crippen LogP contribution in [-0.2, 0) is 36.9 Å². The van der Waals surface area contributed by atoms with Crippen LogP contribution in [0.15, 0.2) is 85.7 Å². The van der Waals surface area contributed by atoms with E-state index in [4.69, 9.17) is 4.74 Å². The van der Waals surface area contributed by atoms with Crippen LogP contribution in [-0.4, -0.2) is 138 Å². The number of nitrogens with zero attached hydrogens (tertiary/aromatic N) is 11. The van der Waals surface area contributed by atoms with Crippen LogP contribution in [0.3, 0.4) is 0 Å². The number of nitrogens with one attached hydrogen (secondary N) is 3. The summed E-state index contributed by atoms with van der Waals surface area (Å²) < 4.78 is 114. The van der Waals surface area contributed by atoms with E-state index in [1.54, 1.807) is 41.7 Å². The average molecular weight is 1030 g/mol. The number of carbonyl (C=O) groups is 2. The fourth-order valence-corrected chi connectivity index (χ4v) is 8.32. The third-order valence-electron chi connectivity index (χ3n) is 11.4. The molecule has 2 aromatic carbocycles. The molecule has 0 atom stereocenters. The van der Waals surface area contributed by atoms with Crippen molar-refractivity contribution in [3.05, 3.63) is 131 Å². The topological polar surface area (TPSA) is 178 Å². The van der Waals surface area contributed by atoms with Gasteiger partial charge in [0.15, 0.2) is 5.82 Å². The maximum absolute atomic E-state index is 14.4. The number of ether oxygens (including phenoxy) is 1. The lowest BCUT2D eigenvalue weighted by molar-refractivity contribution is -0.140. The molecule has 26 heteroatoms. The zero-order valence-electron chi connectivity index (χ0n) is 39.4. The molecule has 6 aromatic rings. The lowest BCUT2D eigenvalue weighted by atomic mass is 10.1. The highest BCUT2D eigenvalue weighted by Crippen LogP contribution is 2.34. The molecule has 8 rings (SSSR count).